The quantitative estimate of drug-likeness (QED) is 0.838. The van der Waals surface area contributed by atoms with Crippen LogP contribution in [0.4, 0.5) is 18.9 Å². The highest BCUT2D eigenvalue weighted by atomic mass is 19.4. The van der Waals surface area contributed by atoms with Crippen LogP contribution in [0.1, 0.15) is 5.56 Å². The van der Waals surface area contributed by atoms with Crippen LogP contribution in [0.5, 0.6) is 0 Å². The summed E-state index contributed by atoms with van der Waals surface area (Å²) in [7, 11) is 0. The molecule has 0 saturated carbocycles. The summed E-state index contributed by atoms with van der Waals surface area (Å²) in [5.74, 6) is -3.60. The van der Waals surface area contributed by atoms with Gasteiger partial charge in [-0.05, 0) is 18.2 Å². The number of hydrogen-bond acceptors (Lipinski definition) is 3. The van der Waals surface area contributed by atoms with Gasteiger partial charge in [-0.2, -0.15) is 13.2 Å². The Kier molecular flexibility index (Phi) is 2.91. The highest BCUT2D eigenvalue weighted by molar-refractivity contribution is 6.02. The molecule has 126 valence electrons. The van der Waals surface area contributed by atoms with Crippen molar-refractivity contribution in [3.05, 3.63) is 42.0 Å². The molecule has 3 aliphatic heterocycles. The first-order valence-corrected chi connectivity index (χ1v) is 7.32. The van der Waals surface area contributed by atoms with Gasteiger partial charge < -0.3 is 14.7 Å². The van der Waals surface area contributed by atoms with Crippen molar-refractivity contribution in [1.82, 2.24) is 0 Å². The second-order valence-corrected chi connectivity index (χ2v) is 6.21. The molecule has 1 aromatic carbocycles. The van der Waals surface area contributed by atoms with E-state index in [-0.39, 0.29) is 12.2 Å². The van der Waals surface area contributed by atoms with Crippen LogP contribution in [0.15, 0.2) is 36.4 Å². The van der Waals surface area contributed by atoms with Crippen LogP contribution in [0.3, 0.4) is 0 Å². The Bertz CT molecular complexity index is 775. The van der Waals surface area contributed by atoms with Gasteiger partial charge in [0.15, 0.2) is 0 Å². The zero-order valence-electron chi connectivity index (χ0n) is 12.2. The van der Waals surface area contributed by atoms with Crippen LogP contribution in [0, 0.1) is 11.8 Å². The summed E-state index contributed by atoms with van der Waals surface area (Å²) in [5, 5.41) is 9.37. The first-order valence-electron chi connectivity index (χ1n) is 7.32. The van der Waals surface area contributed by atoms with Gasteiger partial charge in [0.05, 0.1) is 24.1 Å². The van der Waals surface area contributed by atoms with Gasteiger partial charge in [-0.3, -0.25) is 9.59 Å². The number of aliphatic carboxylic acids is 1. The topological polar surface area (TPSA) is 66.8 Å². The summed E-state index contributed by atoms with van der Waals surface area (Å²) in [6, 6.07) is 4.43. The number of alkyl halides is 3. The van der Waals surface area contributed by atoms with Gasteiger partial charge in [0.2, 0.25) is 5.91 Å². The number of carbonyl (C=O) groups excluding carboxylic acids is 1. The fourth-order valence-electron chi connectivity index (χ4n) is 3.85. The van der Waals surface area contributed by atoms with Crippen LogP contribution >= 0.6 is 0 Å². The number of halogens is 3. The van der Waals surface area contributed by atoms with E-state index in [1.807, 2.05) is 0 Å². The standard InChI is InChI=1S/C16H12F3NO4/c17-16(18,19)8-2-1-3-9(6-8)20-7-15-5-4-10(24-15)11(14(22)23)12(15)13(20)21/h1-6,10-12H,7H2,(H,22,23)/t10-,11-,12-,15-/m1/s1. The maximum atomic E-state index is 12.9. The summed E-state index contributed by atoms with van der Waals surface area (Å²) in [5.41, 5.74) is -1.85. The molecule has 0 unspecified atom stereocenters. The number of carboxylic acid groups (broad SMARTS) is 1. The first-order chi connectivity index (χ1) is 11.2. The van der Waals surface area contributed by atoms with Crippen LogP contribution in [0.25, 0.3) is 0 Å². The van der Waals surface area contributed by atoms with E-state index in [1.165, 1.54) is 17.0 Å². The fourth-order valence-corrected chi connectivity index (χ4v) is 3.85. The van der Waals surface area contributed by atoms with Gasteiger partial charge in [-0.1, -0.05) is 18.2 Å². The second kappa shape index (κ2) is 4.60. The maximum Gasteiger partial charge on any atom is 0.416 e. The lowest BCUT2D eigenvalue weighted by Crippen LogP contribution is -2.39. The monoisotopic (exact) mass is 339 g/mol. The number of hydrogen-bond donors (Lipinski definition) is 1. The Hall–Kier alpha value is -2.35. The fraction of sp³-hybridized carbons (Fsp3) is 0.375. The molecule has 1 spiro atoms. The van der Waals surface area contributed by atoms with Crippen LogP contribution in [-0.4, -0.2) is 35.2 Å². The zero-order valence-corrected chi connectivity index (χ0v) is 12.2. The summed E-state index contributed by atoms with van der Waals surface area (Å²) < 4.78 is 44.3. The van der Waals surface area contributed by atoms with E-state index in [0.717, 1.165) is 12.1 Å². The van der Waals surface area contributed by atoms with Crippen molar-refractivity contribution in [2.75, 3.05) is 11.4 Å². The van der Waals surface area contributed by atoms with Crippen LogP contribution in [0.2, 0.25) is 0 Å². The predicted molar refractivity (Wildman–Crippen MR) is 75.2 cm³/mol. The number of carbonyl (C=O) groups is 2. The minimum atomic E-state index is -4.52. The molecule has 4 rings (SSSR count). The number of fused-ring (bicyclic) bond motifs is 1. The average molecular weight is 339 g/mol. The normalized spacial score (nSPS) is 34.0. The van der Waals surface area contributed by atoms with Crippen molar-refractivity contribution in [1.29, 1.82) is 0 Å². The molecule has 2 saturated heterocycles. The first kappa shape index (κ1) is 15.2. The van der Waals surface area contributed by atoms with E-state index in [4.69, 9.17) is 4.74 Å². The number of nitrogens with zero attached hydrogens (tertiary/aromatic N) is 1. The van der Waals surface area contributed by atoms with E-state index in [1.54, 1.807) is 12.2 Å². The van der Waals surface area contributed by atoms with Crippen molar-refractivity contribution in [2.45, 2.75) is 17.9 Å². The molecule has 3 heterocycles. The minimum absolute atomic E-state index is 0.00852. The van der Waals surface area contributed by atoms with Crippen molar-refractivity contribution in [3.8, 4) is 0 Å². The Labute approximate surface area is 134 Å². The molecule has 0 aromatic heterocycles. The number of ether oxygens (including phenoxy) is 1. The summed E-state index contributed by atoms with van der Waals surface area (Å²) >= 11 is 0. The molecule has 1 amide bonds. The number of amides is 1. The third kappa shape index (κ3) is 1.92. The van der Waals surface area contributed by atoms with E-state index >= 15 is 0 Å². The van der Waals surface area contributed by atoms with Gasteiger partial charge in [-0.15, -0.1) is 0 Å². The molecule has 5 nitrogen and oxygen atoms in total. The Balaban J connectivity index is 1.72. The highest BCUT2D eigenvalue weighted by Crippen LogP contribution is 2.52. The third-order valence-electron chi connectivity index (χ3n) is 4.87. The SMILES string of the molecule is O=C(O)[C@@H]1[C@H]2C=C[C@]3(CN(c4cccc(C(F)(F)F)c4)C(=O)[C@@H]13)O2. The lowest BCUT2D eigenvalue weighted by Gasteiger charge is -2.22. The molecule has 0 aliphatic carbocycles. The molecule has 1 N–H and O–H groups in total. The predicted octanol–water partition coefficient (Wildman–Crippen LogP) is 2.08. The lowest BCUT2D eigenvalue weighted by molar-refractivity contribution is -0.146. The van der Waals surface area contributed by atoms with Gasteiger partial charge in [0, 0.05) is 5.69 Å². The van der Waals surface area contributed by atoms with Crippen molar-refractivity contribution in [2.24, 2.45) is 11.8 Å². The number of carboxylic acids is 1. The molecule has 8 heteroatoms. The molecule has 1 aromatic rings. The molecule has 4 atom stereocenters. The molecule has 24 heavy (non-hydrogen) atoms. The van der Waals surface area contributed by atoms with E-state index in [9.17, 15) is 27.9 Å². The molecule has 0 radical (unpaired) electrons. The minimum Gasteiger partial charge on any atom is -0.481 e. The Morgan fingerprint density at radius 1 is 1.38 bits per heavy atom. The van der Waals surface area contributed by atoms with Crippen molar-refractivity contribution < 1.29 is 32.6 Å². The van der Waals surface area contributed by atoms with E-state index < -0.39 is 47.2 Å². The third-order valence-corrected chi connectivity index (χ3v) is 4.87. The summed E-state index contributed by atoms with van der Waals surface area (Å²) in [6.45, 7) is 0.00852. The van der Waals surface area contributed by atoms with E-state index in [2.05, 4.69) is 0 Å². The van der Waals surface area contributed by atoms with E-state index in [0.29, 0.717) is 0 Å². The molecule has 3 aliphatic rings. The van der Waals surface area contributed by atoms with Gasteiger partial charge in [0.1, 0.15) is 11.5 Å². The lowest BCUT2D eigenvalue weighted by atomic mass is 9.77. The molecule has 2 bridgehead atoms. The summed E-state index contributed by atoms with van der Waals surface area (Å²) in [6.07, 6.45) is -1.92. The van der Waals surface area contributed by atoms with Crippen molar-refractivity contribution >= 4 is 17.6 Å². The zero-order chi connectivity index (χ0) is 17.3. The van der Waals surface area contributed by atoms with Crippen LogP contribution < -0.4 is 4.90 Å². The van der Waals surface area contributed by atoms with Crippen molar-refractivity contribution in [3.63, 3.8) is 0 Å². The molecular formula is C16H12F3NO4. The second-order valence-electron chi connectivity index (χ2n) is 6.21. The maximum absolute atomic E-state index is 12.9. The van der Waals surface area contributed by atoms with Gasteiger partial charge in [0.25, 0.3) is 0 Å². The Morgan fingerprint density at radius 2 is 2.12 bits per heavy atom. The van der Waals surface area contributed by atoms with Gasteiger partial charge in [-0.25, -0.2) is 0 Å². The average Bonchev–Trinajstić information content (AvgIpc) is 3.15. The number of anilines is 1. The number of benzene rings is 1. The Morgan fingerprint density at radius 3 is 2.79 bits per heavy atom. The smallest absolute Gasteiger partial charge is 0.416 e. The highest BCUT2D eigenvalue weighted by Gasteiger charge is 2.67. The number of rotatable bonds is 2. The largest absolute Gasteiger partial charge is 0.481 e. The summed E-state index contributed by atoms with van der Waals surface area (Å²) in [4.78, 5) is 25.4. The van der Waals surface area contributed by atoms with Gasteiger partial charge >= 0.3 is 12.1 Å². The molecular weight excluding hydrogens is 327 g/mol. The van der Waals surface area contributed by atoms with Crippen LogP contribution in [-0.2, 0) is 20.5 Å². The molecule has 2 fully saturated rings.